The van der Waals surface area contributed by atoms with Gasteiger partial charge in [-0.2, -0.15) is 0 Å². The number of ether oxygens (including phenoxy) is 2. The second kappa shape index (κ2) is 6.72. The molecule has 0 bridgehead atoms. The number of rotatable bonds is 5. The molecule has 18 heavy (non-hydrogen) atoms. The van der Waals surface area contributed by atoms with Crippen LogP contribution in [0.1, 0.15) is 19.4 Å². The lowest BCUT2D eigenvalue weighted by Gasteiger charge is -2.20. The molecule has 4 nitrogen and oxygen atoms in total. The predicted molar refractivity (Wildman–Crippen MR) is 75.0 cm³/mol. The predicted octanol–water partition coefficient (Wildman–Crippen LogP) is 2.69. The minimum Gasteiger partial charge on any atom is -0.460 e. The van der Waals surface area contributed by atoms with Crippen LogP contribution in [0.15, 0.2) is 30.3 Å². The Labute approximate surface area is 120 Å². The molecule has 0 saturated carbocycles. The smallest absolute Gasteiger partial charge is 0.323 e. The third-order valence-corrected chi connectivity index (χ3v) is 2.73. The van der Waals surface area contributed by atoms with Crippen LogP contribution in [0.4, 0.5) is 0 Å². The van der Waals surface area contributed by atoms with Crippen LogP contribution in [0.5, 0.6) is 0 Å². The van der Waals surface area contributed by atoms with Crippen molar-refractivity contribution in [3.05, 3.63) is 35.9 Å². The van der Waals surface area contributed by atoms with Crippen LogP contribution in [-0.2, 0) is 25.7 Å². The first-order valence-electron chi connectivity index (χ1n) is 5.43. The van der Waals surface area contributed by atoms with Crippen molar-refractivity contribution in [2.24, 2.45) is 5.41 Å². The molecule has 0 spiro atoms. The number of hydrogen-bond donors (Lipinski definition) is 0. The fraction of sp³-hybridized carbons (Fsp3) is 0.385. The van der Waals surface area contributed by atoms with Gasteiger partial charge in [-0.3, -0.25) is 9.59 Å². The number of halogens is 1. The fourth-order valence-electron chi connectivity index (χ4n) is 1.22. The van der Waals surface area contributed by atoms with Crippen molar-refractivity contribution in [3.63, 3.8) is 0 Å². The van der Waals surface area contributed by atoms with Crippen molar-refractivity contribution >= 4 is 34.5 Å². The van der Waals surface area contributed by atoms with Crippen LogP contribution in [0, 0.1) is 5.41 Å². The minimum atomic E-state index is -1.28. The molecule has 0 N–H and O–H groups in total. The quantitative estimate of drug-likeness (QED) is 0.350. The Morgan fingerprint density at radius 3 is 2.22 bits per heavy atom. The standard InChI is InChI=1S/C13H15IO4/c1-13(2,12(16)18-9-14)11(15)17-8-10-6-4-3-5-7-10/h3-7H,8-9H2,1-2H3. The first-order valence-corrected chi connectivity index (χ1v) is 6.95. The Morgan fingerprint density at radius 2 is 1.67 bits per heavy atom. The van der Waals surface area contributed by atoms with E-state index >= 15 is 0 Å². The highest BCUT2D eigenvalue weighted by molar-refractivity contribution is 14.1. The molecule has 0 fully saturated rings. The van der Waals surface area contributed by atoms with Gasteiger partial charge in [-0.25, -0.2) is 0 Å². The van der Waals surface area contributed by atoms with Gasteiger partial charge in [0.05, 0.1) is 0 Å². The maximum absolute atomic E-state index is 11.8. The molecule has 5 heteroatoms. The summed E-state index contributed by atoms with van der Waals surface area (Å²) in [5, 5.41) is 0. The van der Waals surface area contributed by atoms with Gasteiger partial charge in [-0.15, -0.1) is 0 Å². The molecule has 0 aliphatic carbocycles. The van der Waals surface area contributed by atoms with E-state index in [-0.39, 0.29) is 11.2 Å². The molecule has 0 unspecified atom stereocenters. The van der Waals surface area contributed by atoms with E-state index in [1.54, 1.807) is 0 Å². The third kappa shape index (κ3) is 3.97. The van der Waals surface area contributed by atoms with E-state index in [9.17, 15) is 9.59 Å². The second-order valence-corrected chi connectivity index (χ2v) is 4.85. The largest absolute Gasteiger partial charge is 0.460 e. The molecule has 0 aromatic heterocycles. The topological polar surface area (TPSA) is 52.6 Å². The zero-order valence-electron chi connectivity index (χ0n) is 10.3. The lowest BCUT2D eigenvalue weighted by molar-refractivity contribution is -0.169. The molecular formula is C13H15IO4. The van der Waals surface area contributed by atoms with E-state index in [1.807, 2.05) is 52.9 Å². The first kappa shape index (κ1) is 14.9. The third-order valence-electron chi connectivity index (χ3n) is 2.42. The second-order valence-electron chi connectivity index (χ2n) is 4.23. The summed E-state index contributed by atoms with van der Waals surface area (Å²) in [5.41, 5.74) is -0.399. The molecule has 0 heterocycles. The van der Waals surface area contributed by atoms with Gasteiger partial charge in [0.15, 0.2) is 5.41 Å². The molecule has 98 valence electrons. The van der Waals surface area contributed by atoms with Crippen LogP contribution >= 0.6 is 22.6 Å². The summed E-state index contributed by atoms with van der Waals surface area (Å²) >= 11 is 1.90. The number of hydrogen-bond acceptors (Lipinski definition) is 4. The average Bonchev–Trinajstić information content (AvgIpc) is 2.37. The Bertz CT molecular complexity index is 414. The highest BCUT2D eigenvalue weighted by atomic mass is 127. The Hall–Kier alpha value is -1.11. The van der Waals surface area contributed by atoms with Crippen molar-refractivity contribution in [2.45, 2.75) is 20.5 Å². The summed E-state index contributed by atoms with van der Waals surface area (Å²) < 4.78 is 10.2. The Morgan fingerprint density at radius 1 is 1.11 bits per heavy atom. The lowest BCUT2D eigenvalue weighted by Crippen LogP contribution is -2.36. The van der Waals surface area contributed by atoms with Gasteiger partial charge in [-0.05, 0) is 42.0 Å². The number of carbonyl (C=O) groups is 2. The van der Waals surface area contributed by atoms with Gasteiger partial charge >= 0.3 is 11.9 Å². The number of alkyl halides is 1. The van der Waals surface area contributed by atoms with Crippen LogP contribution in [0.2, 0.25) is 0 Å². The molecule has 0 radical (unpaired) electrons. The van der Waals surface area contributed by atoms with Gasteiger partial charge in [0.25, 0.3) is 0 Å². The molecule has 0 aliphatic heterocycles. The summed E-state index contributed by atoms with van der Waals surface area (Å²) in [6, 6.07) is 9.30. The van der Waals surface area contributed by atoms with Crippen LogP contribution in [0.25, 0.3) is 0 Å². The summed E-state index contributed by atoms with van der Waals surface area (Å²) in [6.07, 6.45) is 0. The van der Waals surface area contributed by atoms with E-state index in [2.05, 4.69) is 0 Å². The average molecular weight is 362 g/mol. The zero-order chi connectivity index (χ0) is 13.6. The van der Waals surface area contributed by atoms with Crippen LogP contribution < -0.4 is 0 Å². The highest BCUT2D eigenvalue weighted by Crippen LogP contribution is 2.20. The van der Waals surface area contributed by atoms with E-state index in [0.29, 0.717) is 0 Å². The molecule has 0 amide bonds. The van der Waals surface area contributed by atoms with E-state index in [0.717, 1.165) is 5.56 Å². The van der Waals surface area contributed by atoms with E-state index in [4.69, 9.17) is 9.47 Å². The van der Waals surface area contributed by atoms with Crippen molar-refractivity contribution in [1.82, 2.24) is 0 Å². The summed E-state index contributed by atoms with van der Waals surface area (Å²) in [4.78, 5) is 23.4. The normalized spacial score (nSPS) is 10.8. The van der Waals surface area contributed by atoms with Crippen LogP contribution in [0.3, 0.4) is 0 Å². The van der Waals surface area contributed by atoms with Crippen molar-refractivity contribution < 1.29 is 19.1 Å². The molecule has 0 aliphatic rings. The molecular weight excluding hydrogens is 347 g/mol. The van der Waals surface area contributed by atoms with Gasteiger partial charge in [0, 0.05) is 0 Å². The number of benzene rings is 1. The Kier molecular flexibility index (Phi) is 5.58. The Balaban J connectivity index is 2.57. The summed E-state index contributed by atoms with van der Waals surface area (Å²) in [5.74, 6) is -1.16. The van der Waals surface area contributed by atoms with E-state index < -0.39 is 17.4 Å². The molecule has 1 rings (SSSR count). The number of carbonyl (C=O) groups excluding carboxylic acids is 2. The maximum atomic E-state index is 11.8. The first-order chi connectivity index (χ1) is 8.48. The zero-order valence-corrected chi connectivity index (χ0v) is 12.5. The lowest BCUT2D eigenvalue weighted by atomic mass is 9.94. The molecule has 0 saturated heterocycles. The number of esters is 2. The monoisotopic (exact) mass is 362 g/mol. The highest BCUT2D eigenvalue weighted by Gasteiger charge is 2.39. The molecule has 0 atom stereocenters. The SMILES string of the molecule is CC(C)(C(=O)OCI)C(=O)OCc1ccccc1. The minimum absolute atomic E-state index is 0.153. The van der Waals surface area contributed by atoms with Gasteiger partial charge in [-0.1, -0.05) is 30.3 Å². The molecule has 1 aromatic carbocycles. The fourth-order valence-corrected chi connectivity index (χ4v) is 1.50. The van der Waals surface area contributed by atoms with Crippen LogP contribution in [-0.4, -0.2) is 16.6 Å². The molecule has 1 aromatic rings. The van der Waals surface area contributed by atoms with Crippen molar-refractivity contribution in [3.8, 4) is 0 Å². The van der Waals surface area contributed by atoms with Gasteiger partial charge in [0.2, 0.25) is 0 Å². The van der Waals surface area contributed by atoms with Gasteiger partial charge in [0.1, 0.15) is 11.2 Å². The van der Waals surface area contributed by atoms with Crippen molar-refractivity contribution in [1.29, 1.82) is 0 Å². The summed E-state index contributed by atoms with van der Waals surface area (Å²) in [7, 11) is 0. The maximum Gasteiger partial charge on any atom is 0.323 e. The summed E-state index contributed by atoms with van der Waals surface area (Å²) in [6.45, 7) is 3.14. The van der Waals surface area contributed by atoms with Gasteiger partial charge < -0.3 is 9.47 Å². The van der Waals surface area contributed by atoms with Crippen molar-refractivity contribution in [2.75, 3.05) is 4.61 Å². The van der Waals surface area contributed by atoms with E-state index in [1.165, 1.54) is 13.8 Å².